The van der Waals surface area contributed by atoms with Crippen molar-refractivity contribution in [3.8, 4) is 23.0 Å². The Balaban J connectivity index is 1.43. The van der Waals surface area contributed by atoms with Crippen LogP contribution in [0.2, 0.25) is 0 Å². The number of ether oxygens (including phenoxy) is 3. The van der Waals surface area contributed by atoms with Gasteiger partial charge < -0.3 is 29.1 Å². The standard InChI is InChI=1S/C22H22N2O5/c1-23-6-8-24(9-7-23)12-16-17(25)4-3-15-21(26)20(29-22(15)16)11-14-2-5-18-19(10-14)28-13-27-18/h2-5,10-11,25H,6-9,12-13H2,1H3/p+2/b20-11-. The minimum absolute atomic E-state index is 0.170. The maximum absolute atomic E-state index is 12.9. The Kier molecular flexibility index (Phi) is 4.41. The minimum atomic E-state index is -0.170. The van der Waals surface area contributed by atoms with Crippen LogP contribution in [-0.4, -0.2) is 50.9 Å². The monoisotopic (exact) mass is 396 g/mol. The third kappa shape index (κ3) is 3.32. The lowest BCUT2D eigenvalue weighted by Gasteiger charge is -2.27. The molecule has 2 aromatic carbocycles. The lowest BCUT2D eigenvalue weighted by molar-refractivity contribution is -1.01. The molecular formula is C22H24N2O5+2. The molecule has 0 radical (unpaired) electrons. The zero-order valence-corrected chi connectivity index (χ0v) is 16.3. The summed E-state index contributed by atoms with van der Waals surface area (Å²) < 4.78 is 16.7. The van der Waals surface area contributed by atoms with Crippen LogP contribution < -0.4 is 24.0 Å². The molecule has 3 N–H and O–H groups in total. The van der Waals surface area contributed by atoms with E-state index >= 15 is 0 Å². The fourth-order valence-corrected chi connectivity index (χ4v) is 4.08. The second kappa shape index (κ2) is 7.09. The number of piperazine rings is 1. The molecular weight excluding hydrogens is 372 g/mol. The first-order valence-corrected chi connectivity index (χ1v) is 9.92. The Morgan fingerprint density at radius 1 is 1.07 bits per heavy atom. The van der Waals surface area contributed by atoms with Gasteiger partial charge in [-0.15, -0.1) is 0 Å². The highest BCUT2D eigenvalue weighted by molar-refractivity contribution is 6.15. The van der Waals surface area contributed by atoms with Gasteiger partial charge >= 0.3 is 0 Å². The summed E-state index contributed by atoms with van der Waals surface area (Å²) in [4.78, 5) is 15.8. The van der Waals surface area contributed by atoms with E-state index in [4.69, 9.17) is 14.2 Å². The van der Waals surface area contributed by atoms with E-state index in [9.17, 15) is 9.90 Å². The van der Waals surface area contributed by atoms with Gasteiger partial charge in [-0.2, -0.15) is 0 Å². The molecule has 7 nitrogen and oxygen atoms in total. The number of Topliss-reactive ketones (excluding diaryl/α,β-unsaturated/α-hetero) is 1. The van der Waals surface area contributed by atoms with Gasteiger partial charge in [0.2, 0.25) is 12.6 Å². The summed E-state index contributed by atoms with van der Waals surface area (Å²) >= 11 is 0. The maximum atomic E-state index is 12.9. The molecule has 0 saturated carbocycles. The lowest BCUT2D eigenvalue weighted by atomic mass is 10.0. The molecule has 3 heterocycles. The van der Waals surface area contributed by atoms with Crippen LogP contribution in [0.5, 0.6) is 23.0 Å². The van der Waals surface area contributed by atoms with E-state index in [0.717, 1.165) is 31.7 Å². The smallest absolute Gasteiger partial charge is 0.231 e. The van der Waals surface area contributed by atoms with Crippen LogP contribution in [0.25, 0.3) is 6.08 Å². The summed E-state index contributed by atoms with van der Waals surface area (Å²) in [5, 5.41) is 10.5. The molecule has 0 spiro atoms. The Bertz CT molecular complexity index is 1010. The number of carbonyl (C=O) groups excluding carboxylic acids is 1. The van der Waals surface area contributed by atoms with Crippen LogP contribution in [0.1, 0.15) is 21.5 Å². The molecule has 0 amide bonds. The number of fused-ring (bicyclic) bond motifs is 2. The molecule has 29 heavy (non-hydrogen) atoms. The number of nitrogens with one attached hydrogen (secondary N) is 2. The zero-order valence-electron chi connectivity index (χ0n) is 16.3. The predicted molar refractivity (Wildman–Crippen MR) is 105 cm³/mol. The summed E-state index contributed by atoms with van der Waals surface area (Å²) in [5.74, 6) is 2.10. The molecule has 0 bridgehead atoms. The van der Waals surface area contributed by atoms with E-state index in [1.165, 1.54) is 9.80 Å². The first-order valence-electron chi connectivity index (χ1n) is 9.92. The number of carbonyl (C=O) groups is 1. The van der Waals surface area contributed by atoms with Crippen LogP contribution in [0.15, 0.2) is 36.1 Å². The lowest BCUT2D eigenvalue weighted by Crippen LogP contribution is -3.26. The molecule has 7 heteroatoms. The van der Waals surface area contributed by atoms with Crippen molar-refractivity contribution < 1.29 is 33.9 Å². The maximum Gasteiger partial charge on any atom is 0.231 e. The summed E-state index contributed by atoms with van der Waals surface area (Å²) in [7, 11) is 2.20. The number of quaternary nitrogens is 2. The highest BCUT2D eigenvalue weighted by Crippen LogP contribution is 2.40. The van der Waals surface area contributed by atoms with Gasteiger partial charge in [0.1, 0.15) is 38.5 Å². The number of benzene rings is 2. The number of phenolic OH excluding ortho intramolecular Hbond substituents is 1. The predicted octanol–water partition coefficient (Wildman–Crippen LogP) is -0.350. The van der Waals surface area contributed by atoms with Gasteiger partial charge in [0.15, 0.2) is 23.0 Å². The third-order valence-electron chi connectivity index (χ3n) is 5.85. The molecule has 1 saturated heterocycles. The van der Waals surface area contributed by atoms with E-state index in [1.807, 2.05) is 18.2 Å². The molecule has 0 unspecified atom stereocenters. The van der Waals surface area contributed by atoms with Crippen LogP contribution in [0.3, 0.4) is 0 Å². The number of hydrogen-bond donors (Lipinski definition) is 3. The van der Waals surface area contributed by atoms with Crippen molar-refractivity contribution in [2.75, 3.05) is 40.0 Å². The van der Waals surface area contributed by atoms with E-state index in [-0.39, 0.29) is 24.1 Å². The second-order valence-electron chi connectivity index (χ2n) is 7.88. The van der Waals surface area contributed by atoms with Crippen molar-refractivity contribution in [2.45, 2.75) is 6.54 Å². The van der Waals surface area contributed by atoms with Crippen molar-refractivity contribution in [3.05, 3.63) is 52.8 Å². The summed E-state index contributed by atoms with van der Waals surface area (Å²) in [6.07, 6.45) is 1.71. The highest BCUT2D eigenvalue weighted by atomic mass is 16.7. The Morgan fingerprint density at radius 2 is 1.86 bits per heavy atom. The highest BCUT2D eigenvalue weighted by Gasteiger charge is 2.33. The molecule has 3 aliphatic heterocycles. The molecule has 3 aliphatic rings. The van der Waals surface area contributed by atoms with Crippen molar-refractivity contribution in [1.29, 1.82) is 0 Å². The third-order valence-corrected chi connectivity index (χ3v) is 5.85. The number of ketones is 1. The molecule has 0 atom stereocenters. The Hall–Kier alpha value is -3.03. The first-order chi connectivity index (χ1) is 14.1. The number of aromatic hydroxyl groups is 1. The molecule has 5 rings (SSSR count). The Morgan fingerprint density at radius 3 is 2.69 bits per heavy atom. The zero-order chi connectivity index (χ0) is 20.0. The number of rotatable bonds is 3. The first kappa shape index (κ1) is 18.0. The fraction of sp³-hybridized carbons (Fsp3) is 0.318. The summed E-state index contributed by atoms with van der Waals surface area (Å²) in [6.45, 7) is 5.10. The molecule has 0 aliphatic carbocycles. The molecule has 0 aromatic heterocycles. The molecule has 2 aromatic rings. The quantitative estimate of drug-likeness (QED) is 0.619. The Labute approximate surface area is 168 Å². The van der Waals surface area contributed by atoms with Crippen LogP contribution in [0, 0.1) is 0 Å². The number of likely N-dealkylation sites (N-methyl/N-ethyl adjacent to an activating group) is 1. The van der Waals surface area contributed by atoms with Crippen molar-refractivity contribution in [1.82, 2.24) is 0 Å². The largest absolute Gasteiger partial charge is 0.507 e. The second-order valence-corrected chi connectivity index (χ2v) is 7.88. The number of phenols is 1. The van der Waals surface area contributed by atoms with Crippen LogP contribution in [-0.2, 0) is 6.54 Å². The van der Waals surface area contributed by atoms with Crippen molar-refractivity contribution in [2.24, 2.45) is 0 Å². The number of allylic oxidation sites excluding steroid dienone is 1. The normalized spacial score (nSPS) is 23.9. The summed E-state index contributed by atoms with van der Waals surface area (Å²) in [6, 6.07) is 8.73. The van der Waals surface area contributed by atoms with E-state index in [2.05, 4.69) is 7.05 Å². The van der Waals surface area contributed by atoms with Crippen molar-refractivity contribution >= 4 is 11.9 Å². The van der Waals surface area contributed by atoms with E-state index < -0.39 is 0 Å². The van der Waals surface area contributed by atoms with Gasteiger partial charge in [-0.25, -0.2) is 0 Å². The average Bonchev–Trinajstić information content (AvgIpc) is 3.30. The van der Waals surface area contributed by atoms with Crippen LogP contribution >= 0.6 is 0 Å². The molecule has 150 valence electrons. The van der Waals surface area contributed by atoms with Gasteiger partial charge in [0, 0.05) is 0 Å². The topological polar surface area (TPSA) is 73.9 Å². The summed E-state index contributed by atoms with van der Waals surface area (Å²) in [5.41, 5.74) is 2.01. The van der Waals surface area contributed by atoms with Gasteiger partial charge in [0.25, 0.3) is 0 Å². The van der Waals surface area contributed by atoms with Crippen LogP contribution in [0.4, 0.5) is 0 Å². The van der Waals surface area contributed by atoms with Crippen molar-refractivity contribution in [3.63, 3.8) is 0 Å². The average molecular weight is 396 g/mol. The van der Waals surface area contributed by atoms with Gasteiger partial charge in [-0.05, 0) is 35.9 Å². The molecule has 1 fully saturated rings. The minimum Gasteiger partial charge on any atom is -0.507 e. The van der Waals surface area contributed by atoms with E-state index in [0.29, 0.717) is 34.9 Å². The SMILES string of the molecule is C[NH+]1CC[NH+](Cc2c(O)ccc3c2O/C(=C\c2ccc4c(c2)OCO4)C3=O)CC1. The fourth-order valence-electron chi connectivity index (χ4n) is 4.08. The number of hydrogen-bond acceptors (Lipinski definition) is 5. The van der Waals surface area contributed by atoms with E-state index in [1.54, 1.807) is 18.2 Å². The van der Waals surface area contributed by atoms with Gasteiger partial charge in [0.05, 0.1) is 18.2 Å². The van der Waals surface area contributed by atoms with Gasteiger partial charge in [-0.3, -0.25) is 4.79 Å². The van der Waals surface area contributed by atoms with Gasteiger partial charge in [-0.1, -0.05) is 6.07 Å².